The van der Waals surface area contributed by atoms with Gasteiger partial charge >= 0.3 is 0 Å². The van der Waals surface area contributed by atoms with Gasteiger partial charge in [-0.25, -0.2) is 0 Å². The number of rotatable bonds is 4. The highest BCUT2D eigenvalue weighted by Gasteiger charge is 2.11. The maximum atomic E-state index is 7.79. The fourth-order valence-electron chi connectivity index (χ4n) is 2.21. The Labute approximate surface area is 120 Å². The molecule has 0 aliphatic carbocycles. The van der Waals surface area contributed by atoms with Crippen molar-refractivity contribution in [2.24, 2.45) is 5.73 Å². The summed E-state index contributed by atoms with van der Waals surface area (Å²) in [5.74, 6) is 0.108. The minimum Gasteiger partial charge on any atom is -0.370 e. The van der Waals surface area contributed by atoms with Crippen molar-refractivity contribution in [1.29, 1.82) is 5.41 Å². The Balaban J connectivity index is 2.19. The molecule has 3 N–H and O–H groups in total. The van der Waals surface area contributed by atoms with Crippen LogP contribution in [0.5, 0.6) is 0 Å². The van der Waals surface area contributed by atoms with Crippen molar-refractivity contribution in [2.45, 2.75) is 26.9 Å². The maximum Gasteiger partial charge on any atom is 0.188 e. The molecule has 104 valence electrons. The molecule has 0 saturated heterocycles. The minimum atomic E-state index is 0.108. The first kappa shape index (κ1) is 14.1. The normalized spacial score (nSPS) is 10.3. The third-order valence-electron chi connectivity index (χ3n) is 3.59. The second kappa shape index (κ2) is 6.24. The molecule has 0 aliphatic rings. The molecule has 0 atom stereocenters. The van der Waals surface area contributed by atoms with Gasteiger partial charge in [0.1, 0.15) is 0 Å². The molecule has 0 heterocycles. The van der Waals surface area contributed by atoms with E-state index < -0.39 is 0 Å². The van der Waals surface area contributed by atoms with Gasteiger partial charge in [-0.05, 0) is 36.1 Å². The summed E-state index contributed by atoms with van der Waals surface area (Å²) in [6.45, 7) is 5.50. The van der Waals surface area contributed by atoms with E-state index >= 15 is 0 Å². The van der Waals surface area contributed by atoms with Crippen LogP contribution in [0.2, 0.25) is 0 Å². The van der Waals surface area contributed by atoms with Gasteiger partial charge < -0.3 is 10.6 Å². The summed E-state index contributed by atoms with van der Waals surface area (Å²) in [5, 5.41) is 7.79. The first-order valence-electron chi connectivity index (χ1n) is 6.76. The average molecular weight is 267 g/mol. The number of hydrogen-bond acceptors (Lipinski definition) is 1. The first-order chi connectivity index (χ1) is 9.58. The zero-order valence-corrected chi connectivity index (χ0v) is 12.1. The lowest BCUT2D eigenvalue weighted by atomic mass is 10.1. The van der Waals surface area contributed by atoms with Crippen LogP contribution < -0.4 is 5.73 Å². The standard InChI is InChI=1S/C17H21N3/c1-13-7-3-5-9-15(13)11-20(17(18)19)12-16-10-6-4-8-14(16)2/h3-10H,11-12H2,1-2H3,(H3,18,19). The molecule has 0 bridgehead atoms. The zero-order valence-electron chi connectivity index (χ0n) is 12.1. The Morgan fingerprint density at radius 1 is 0.900 bits per heavy atom. The van der Waals surface area contributed by atoms with E-state index in [4.69, 9.17) is 11.1 Å². The Bertz CT molecular complexity index is 557. The van der Waals surface area contributed by atoms with E-state index in [-0.39, 0.29) is 5.96 Å². The fraction of sp³-hybridized carbons (Fsp3) is 0.235. The van der Waals surface area contributed by atoms with Crippen LogP contribution in [0.1, 0.15) is 22.3 Å². The van der Waals surface area contributed by atoms with Crippen LogP contribution in [0.4, 0.5) is 0 Å². The third kappa shape index (κ3) is 3.38. The highest BCUT2D eigenvalue weighted by atomic mass is 15.2. The number of guanidine groups is 1. The fourth-order valence-corrected chi connectivity index (χ4v) is 2.21. The van der Waals surface area contributed by atoms with Gasteiger partial charge in [0.25, 0.3) is 0 Å². The van der Waals surface area contributed by atoms with Crippen molar-refractivity contribution in [2.75, 3.05) is 0 Å². The molecule has 2 aromatic rings. The van der Waals surface area contributed by atoms with Gasteiger partial charge in [-0.3, -0.25) is 5.41 Å². The molecule has 0 aromatic heterocycles. The van der Waals surface area contributed by atoms with Crippen LogP contribution in [0, 0.1) is 19.3 Å². The molecular formula is C17H21N3. The van der Waals surface area contributed by atoms with Gasteiger partial charge in [-0.2, -0.15) is 0 Å². The quantitative estimate of drug-likeness (QED) is 0.660. The Kier molecular flexibility index (Phi) is 4.41. The monoisotopic (exact) mass is 267 g/mol. The van der Waals surface area contributed by atoms with Gasteiger partial charge in [0.15, 0.2) is 5.96 Å². The van der Waals surface area contributed by atoms with Gasteiger partial charge in [0.05, 0.1) is 0 Å². The molecule has 3 nitrogen and oxygen atoms in total. The van der Waals surface area contributed by atoms with Crippen molar-refractivity contribution in [3.8, 4) is 0 Å². The molecule has 2 aromatic carbocycles. The zero-order chi connectivity index (χ0) is 14.5. The highest BCUT2D eigenvalue weighted by molar-refractivity contribution is 5.74. The lowest BCUT2D eigenvalue weighted by Crippen LogP contribution is -2.35. The number of aryl methyl sites for hydroxylation is 2. The van der Waals surface area contributed by atoms with Crippen LogP contribution >= 0.6 is 0 Å². The lowest BCUT2D eigenvalue weighted by Gasteiger charge is -2.24. The van der Waals surface area contributed by atoms with Crippen LogP contribution in [-0.4, -0.2) is 10.9 Å². The molecule has 2 rings (SSSR count). The van der Waals surface area contributed by atoms with E-state index in [0.29, 0.717) is 13.1 Å². The summed E-state index contributed by atoms with van der Waals surface area (Å²) in [6.07, 6.45) is 0. The van der Waals surface area contributed by atoms with Crippen molar-refractivity contribution >= 4 is 5.96 Å². The lowest BCUT2D eigenvalue weighted by molar-refractivity contribution is 0.397. The highest BCUT2D eigenvalue weighted by Crippen LogP contribution is 2.15. The summed E-state index contributed by atoms with van der Waals surface area (Å²) in [7, 11) is 0. The van der Waals surface area contributed by atoms with E-state index in [9.17, 15) is 0 Å². The van der Waals surface area contributed by atoms with E-state index in [0.717, 1.165) is 0 Å². The van der Waals surface area contributed by atoms with Gasteiger partial charge in [0.2, 0.25) is 0 Å². The Morgan fingerprint density at radius 2 is 1.30 bits per heavy atom. The van der Waals surface area contributed by atoms with E-state index in [1.165, 1.54) is 22.3 Å². The molecule has 0 saturated carbocycles. The average Bonchev–Trinajstić information content (AvgIpc) is 2.42. The topological polar surface area (TPSA) is 53.1 Å². The summed E-state index contributed by atoms with van der Waals surface area (Å²) in [4.78, 5) is 1.89. The van der Waals surface area contributed by atoms with Crippen LogP contribution in [-0.2, 0) is 13.1 Å². The molecule has 0 aliphatic heterocycles. The Hall–Kier alpha value is -2.29. The SMILES string of the molecule is Cc1ccccc1CN(Cc1ccccc1C)C(=N)N. The second-order valence-electron chi connectivity index (χ2n) is 5.09. The largest absolute Gasteiger partial charge is 0.370 e. The van der Waals surface area contributed by atoms with Crippen molar-refractivity contribution < 1.29 is 0 Å². The molecule has 0 unspecified atom stereocenters. The summed E-state index contributed by atoms with van der Waals surface area (Å²) in [6, 6.07) is 16.4. The van der Waals surface area contributed by atoms with Gasteiger partial charge in [-0.15, -0.1) is 0 Å². The van der Waals surface area contributed by atoms with E-state index in [1.54, 1.807) is 0 Å². The number of nitrogens with zero attached hydrogens (tertiary/aromatic N) is 1. The van der Waals surface area contributed by atoms with Crippen molar-refractivity contribution in [3.63, 3.8) is 0 Å². The van der Waals surface area contributed by atoms with Crippen LogP contribution in [0.25, 0.3) is 0 Å². The molecule has 0 spiro atoms. The second-order valence-corrected chi connectivity index (χ2v) is 5.09. The molecule has 3 heteroatoms. The van der Waals surface area contributed by atoms with Gasteiger partial charge in [0, 0.05) is 13.1 Å². The summed E-state index contributed by atoms with van der Waals surface area (Å²) in [5.41, 5.74) is 10.6. The minimum absolute atomic E-state index is 0.108. The molecule has 0 radical (unpaired) electrons. The predicted molar refractivity (Wildman–Crippen MR) is 83.5 cm³/mol. The molecule has 20 heavy (non-hydrogen) atoms. The van der Waals surface area contributed by atoms with Gasteiger partial charge in [-0.1, -0.05) is 48.5 Å². The Morgan fingerprint density at radius 3 is 1.65 bits per heavy atom. The van der Waals surface area contributed by atoms with Crippen molar-refractivity contribution in [1.82, 2.24) is 4.90 Å². The third-order valence-corrected chi connectivity index (χ3v) is 3.59. The van der Waals surface area contributed by atoms with Crippen LogP contribution in [0.15, 0.2) is 48.5 Å². The number of nitrogens with one attached hydrogen (secondary N) is 1. The number of nitrogens with two attached hydrogens (primary N) is 1. The first-order valence-corrected chi connectivity index (χ1v) is 6.76. The number of benzene rings is 2. The number of hydrogen-bond donors (Lipinski definition) is 2. The van der Waals surface area contributed by atoms with Crippen molar-refractivity contribution in [3.05, 3.63) is 70.8 Å². The molecular weight excluding hydrogens is 246 g/mol. The maximum absolute atomic E-state index is 7.79. The smallest absolute Gasteiger partial charge is 0.188 e. The summed E-state index contributed by atoms with van der Waals surface area (Å²) < 4.78 is 0. The predicted octanol–water partition coefficient (Wildman–Crippen LogP) is 3.20. The summed E-state index contributed by atoms with van der Waals surface area (Å²) >= 11 is 0. The molecule has 0 fully saturated rings. The van der Waals surface area contributed by atoms with E-state index in [2.05, 4.69) is 38.1 Å². The molecule has 0 amide bonds. The van der Waals surface area contributed by atoms with E-state index in [1.807, 2.05) is 29.2 Å². The van der Waals surface area contributed by atoms with Crippen LogP contribution in [0.3, 0.4) is 0 Å².